The third-order valence-corrected chi connectivity index (χ3v) is 3.90. The number of benzene rings is 1. The summed E-state index contributed by atoms with van der Waals surface area (Å²) in [6, 6.07) is 8.19. The lowest BCUT2D eigenvalue weighted by Gasteiger charge is -2.11. The van der Waals surface area contributed by atoms with Crippen LogP contribution >= 0.6 is 11.8 Å². The molecule has 0 fully saturated rings. The second-order valence-electron chi connectivity index (χ2n) is 3.99. The highest BCUT2D eigenvalue weighted by Gasteiger charge is 2.12. The highest BCUT2D eigenvalue weighted by molar-refractivity contribution is 7.99. The minimum absolute atomic E-state index is 0.528. The standard InChI is InChI=1S/C13H16N2OS/c1-10-5-3-4-6-12(10)17-9-11(16)13-14-7-8-15(13)2/h3-8,11,16H,9H2,1-2H3. The van der Waals surface area contributed by atoms with E-state index in [-0.39, 0.29) is 0 Å². The van der Waals surface area contributed by atoms with Gasteiger partial charge in [0.25, 0.3) is 0 Å². The van der Waals surface area contributed by atoms with Crippen LogP contribution < -0.4 is 0 Å². The Labute approximate surface area is 106 Å². The van der Waals surface area contributed by atoms with Crippen LogP contribution in [0.2, 0.25) is 0 Å². The molecule has 0 spiro atoms. The summed E-state index contributed by atoms with van der Waals surface area (Å²) in [6.45, 7) is 2.08. The van der Waals surface area contributed by atoms with Crippen LogP contribution in [0, 0.1) is 6.92 Å². The summed E-state index contributed by atoms with van der Waals surface area (Å²) in [5.74, 6) is 1.33. The van der Waals surface area contributed by atoms with Crippen LogP contribution in [0.15, 0.2) is 41.6 Å². The summed E-state index contributed by atoms with van der Waals surface area (Å²) < 4.78 is 1.85. The molecule has 0 aliphatic carbocycles. The average Bonchev–Trinajstić information content (AvgIpc) is 2.74. The first-order chi connectivity index (χ1) is 8.18. The van der Waals surface area contributed by atoms with E-state index in [4.69, 9.17) is 0 Å². The van der Waals surface area contributed by atoms with E-state index in [1.54, 1.807) is 18.0 Å². The highest BCUT2D eigenvalue weighted by atomic mass is 32.2. The molecule has 1 atom stereocenters. The topological polar surface area (TPSA) is 38.1 Å². The van der Waals surface area contributed by atoms with Crippen LogP contribution in [0.5, 0.6) is 0 Å². The van der Waals surface area contributed by atoms with E-state index in [0.29, 0.717) is 11.6 Å². The number of aliphatic hydroxyl groups is 1. The van der Waals surface area contributed by atoms with E-state index in [2.05, 4.69) is 24.0 Å². The smallest absolute Gasteiger partial charge is 0.138 e. The van der Waals surface area contributed by atoms with Gasteiger partial charge in [-0.2, -0.15) is 0 Å². The average molecular weight is 248 g/mol. The van der Waals surface area contributed by atoms with Gasteiger partial charge in [0.1, 0.15) is 11.9 Å². The molecule has 0 aliphatic heterocycles. The lowest BCUT2D eigenvalue weighted by atomic mass is 10.2. The van der Waals surface area contributed by atoms with Gasteiger partial charge in [-0.1, -0.05) is 18.2 Å². The quantitative estimate of drug-likeness (QED) is 0.845. The van der Waals surface area contributed by atoms with Crippen molar-refractivity contribution in [3.05, 3.63) is 48.0 Å². The van der Waals surface area contributed by atoms with Gasteiger partial charge in [-0.25, -0.2) is 4.98 Å². The second-order valence-corrected chi connectivity index (χ2v) is 5.05. The van der Waals surface area contributed by atoms with E-state index in [9.17, 15) is 5.11 Å². The highest BCUT2D eigenvalue weighted by Crippen LogP contribution is 2.26. The number of thioether (sulfide) groups is 1. The first kappa shape index (κ1) is 12.2. The molecule has 4 heteroatoms. The molecule has 2 aromatic rings. The summed E-state index contributed by atoms with van der Waals surface area (Å²) >= 11 is 1.66. The van der Waals surface area contributed by atoms with Gasteiger partial charge < -0.3 is 9.67 Å². The van der Waals surface area contributed by atoms with Gasteiger partial charge in [0.05, 0.1) is 0 Å². The fourth-order valence-corrected chi connectivity index (χ4v) is 2.62. The molecule has 0 saturated carbocycles. The monoisotopic (exact) mass is 248 g/mol. The van der Waals surface area contributed by atoms with Crippen molar-refractivity contribution >= 4 is 11.8 Å². The second kappa shape index (κ2) is 5.38. The molecule has 0 aliphatic rings. The van der Waals surface area contributed by atoms with Crippen molar-refractivity contribution in [2.24, 2.45) is 7.05 Å². The summed E-state index contributed by atoms with van der Waals surface area (Å²) in [7, 11) is 1.89. The third kappa shape index (κ3) is 2.90. The maximum atomic E-state index is 10.0. The number of imidazole rings is 1. The first-order valence-electron chi connectivity index (χ1n) is 5.52. The Morgan fingerprint density at radius 1 is 1.41 bits per heavy atom. The number of hydrogen-bond donors (Lipinski definition) is 1. The normalized spacial score (nSPS) is 12.6. The van der Waals surface area contributed by atoms with E-state index >= 15 is 0 Å². The number of nitrogens with zero attached hydrogens (tertiary/aromatic N) is 2. The Hall–Kier alpha value is -1.26. The molecule has 0 saturated heterocycles. The predicted octanol–water partition coefficient (Wildman–Crippen LogP) is 2.55. The Bertz CT molecular complexity index is 496. The minimum Gasteiger partial charge on any atom is -0.384 e. The number of hydrogen-bond acceptors (Lipinski definition) is 3. The molecule has 2 rings (SSSR count). The maximum absolute atomic E-state index is 10.0. The zero-order valence-corrected chi connectivity index (χ0v) is 10.8. The predicted molar refractivity (Wildman–Crippen MR) is 70.1 cm³/mol. The van der Waals surface area contributed by atoms with Gasteiger partial charge in [-0.15, -0.1) is 11.8 Å². The largest absolute Gasteiger partial charge is 0.384 e. The van der Waals surface area contributed by atoms with Crippen LogP contribution in [-0.2, 0) is 7.05 Å². The molecule has 1 unspecified atom stereocenters. The number of aliphatic hydroxyl groups excluding tert-OH is 1. The number of aryl methyl sites for hydroxylation is 2. The summed E-state index contributed by atoms with van der Waals surface area (Å²) in [4.78, 5) is 5.36. The van der Waals surface area contributed by atoms with E-state index in [1.165, 1.54) is 10.5 Å². The van der Waals surface area contributed by atoms with Crippen LogP contribution in [0.3, 0.4) is 0 Å². The van der Waals surface area contributed by atoms with Crippen molar-refractivity contribution in [1.29, 1.82) is 0 Å². The fraction of sp³-hybridized carbons (Fsp3) is 0.308. The number of aromatic nitrogens is 2. The van der Waals surface area contributed by atoms with Crippen molar-refractivity contribution in [3.8, 4) is 0 Å². The van der Waals surface area contributed by atoms with Crippen LogP contribution in [0.25, 0.3) is 0 Å². The van der Waals surface area contributed by atoms with Crippen LogP contribution in [0.1, 0.15) is 17.5 Å². The molecule has 1 N–H and O–H groups in total. The number of rotatable bonds is 4. The van der Waals surface area contributed by atoms with Gasteiger partial charge in [0.2, 0.25) is 0 Å². The molecular formula is C13H16N2OS. The van der Waals surface area contributed by atoms with Crippen LogP contribution in [-0.4, -0.2) is 20.4 Å². The van der Waals surface area contributed by atoms with Crippen molar-refractivity contribution < 1.29 is 5.11 Å². The van der Waals surface area contributed by atoms with E-state index in [1.807, 2.05) is 29.9 Å². The summed E-state index contributed by atoms with van der Waals surface area (Å²) in [6.07, 6.45) is 3.02. The zero-order chi connectivity index (χ0) is 12.3. The Morgan fingerprint density at radius 2 is 2.18 bits per heavy atom. The summed E-state index contributed by atoms with van der Waals surface area (Å²) in [5, 5.41) is 10.0. The molecule has 3 nitrogen and oxygen atoms in total. The Balaban J connectivity index is 2.00. The Kier molecular flexibility index (Phi) is 3.86. The lowest BCUT2D eigenvalue weighted by Crippen LogP contribution is -2.07. The van der Waals surface area contributed by atoms with E-state index < -0.39 is 6.10 Å². The SMILES string of the molecule is Cc1ccccc1SCC(O)c1nccn1C. The molecular weight excluding hydrogens is 232 g/mol. The molecule has 1 heterocycles. The van der Waals surface area contributed by atoms with Crippen molar-refractivity contribution in [2.75, 3.05) is 5.75 Å². The van der Waals surface area contributed by atoms with Crippen molar-refractivity contribution in [1.82, 2.24) is 9.55 Å². The van der Waals surface area contributed by atoms with E-state index in [0.717, 1.165) is 0 Å². The van der Waals surface area contributed by atoms with Crippen molar-refractivity contribution in [2.45, 2.75) is 17.9 Å². The molecule has 1 aromatic carbocycles. The molecule has 0 radical (unpaired) electrons. The van der Waals surface area contributed by atoms with Gasteiger partial charge >= 0.3 is 0 Å². The fourth-order valence-electron chi connectivity index (χ4n) is 1.66. The molecule has 0 bridgehead atoms. The summed E-state index contributed by atoms with van der Waals surface area (Å²) in [5.41, 5.74) is 1.24. The van der Waals surface area contributed by atoms with Gasteiger partial charge in [0, 0.05) is 30.1 Å². The molecule has 1 aromatic heterocycles. The zero-order valence-electron chi connectivity index (χ0n) is 10.00. The van der Waals surface area contributed by atoms with Gasteiger partial charge in [0.15, 0.2) is 0 Å². The molecule has 17 heavy (non-hydrogen) atoms. The molecule has 90 valence electrons. The lowest BCUT2D eigenvalue weighted by molar-refractivity contribution is 0.190. The maximum Gasteiger partial charge on any atom is 0.138 e. The minimum atomic E-state index is -0.528. The molecule has 0 amide bonds. The third-order valence-electron chi connectivity index (χ3n) is 2.65. The van der Waals surface area contributed by atoms with Gasteiger partial charge in [-0.3, -0.25) is 0 Å². The van der Waals surface area contributed by atoms with Crippen LogP contribution in [0.4, 0.5) is 0 Å². The van der Waals surface area contributed by atoms with Crippen molar-refractivity contribution in [3.63, 3.8) is 0 Å². The first-order valence-corrected chi connectivity index (χ1v) is 6.51. The Morgan fingerprint density at radius 3 is 2.82 bits per heavy atom. The van der Waals surface area contributed by atoms with Gasteiger partial charge in [-0.05, 0) is 18.6 Å².